The molecule has 3 nitrogen and oxygen atoms in total. The fraction of sp³-hybridized carbons (Fsp3) is 0.647. The summed E-state index contributed by atoms with van der Waals surface area (Å²) in [6, 6.07) is 6.03. The molecule has 0 aromatic heterocycles. The van der Waals surface area contributed by atoms with Crippen molar-refractivity contribution in [2.24, 2.45) is 0 Å². The summed E-state index contributed by atoms with van der Waals surface area (Å²) >= 11 is 0. The number of alkyl halides is 3. The van der Waals surface area contributed by atoms with Crippen LogP contribution >= 0.6 is 0 Å². The van der Waals surface area contributed by atoms with E-state index in [0.717, 1.165) is 38.7 Å². The second-order valence-electron chi connectivity index (χ2n) is 6.52. The molecule has 6 heteroatoms. The van der Waals surface area contributed by atoms with Crippen LogP contribution in [0.25, 0.3) is 0 Å². The standard InChI is InChI=1S/C17H23F3N2O/c18-17(19,20)15-5-2-1-4-14(15)16(23)12-21-8-3-9-22(11-10-21)13-6-7-13/h1-2,4-5,13,16,23H,3,6-12H2/t16-/m0/s1. The Morgan fingerprint density at radius 2 is 1.83 bits per heavy atom. The first kappa shape index (κ1) is 16.7. The maximum atomic E-state index is 13.1. The van der Waals surface area contributed by atoms with Crippen LogP contribution in [0.1, 0.15) is 36.5 Å². The molecule has 1 aromatic carbocycles. The van der Waals surface area contributed by atoms with Crippen LogP contribution in [0.4, 0.5) is 13.2 Å². The molecule has 1 atom stereocenters. The first-order valence-corrected chi connectivity index (χ1v) is 8.26. The molecular weight excluding hydrogens is 305 g/mol. The molecule has 128 valence electrons. The average molecular weight is 328 g/mol. The van der Waals surface area contributed by atoms with E-state index < -0.39 is 17.8 Å². The number of nitrogens with zero attached hydrogens (tertiary/aromatic N) is 2. The lowest BCUT2D eigenvalue weighted by Crippen LogP contribution is -2.34. The Morgan fingerprint density at radius 1 is 1.09 bits per heavy atom. The van der Waals surface area contributed by atoms with E-state index in [2.05, 4.69) is 9.80 Å². The van der Waals surface area contributed by atoms with Gasteiger partial charge in [0.05, 0.1) is 11.7 Å². The summed E-state index contributed by atoms with van der Waals surface area (Å²) in [6.07, 6.45) is -2.01. The minimum Gasteiger partial charge on any atom is -0.387 e. The molecule has 1 aromatic rings. The molecule has 1 aliphatic carbocycles. The van der Waals surface area contributed by atoms with E-state index in [1.807, 2.05) is 0 Å². The van der Waals surface area contributed by atoms with E-state index in [4.69, 9.17) is 0 Å². The Hall–Kier alpha value is -1.11. The first-order chi connectivity index (χ1) is 10.9. The molecule has 0 radical (unpaired) electrons. The lowest BCUT2D eigenvalue weighted by Gasteiger charge is -2.25. The monoisotopic (exact) mass is 328 g/mol. The Kier molecular flexibility index (Phi) is 4.94. The van der Waals surface area contributed by atoms with Crippen molar-refractivity contribution in [2.75, 3.05) is 32.7 Å². The van der Waals surface area contributed by atoms with Gasteiger partial charge in [0.2, 0.25) is 0 Å². The van der Waals surface area contributed by atoms with Gasteiger partial charge in [-0.05, 0) is 44.0 Å². The number of halogens is 3. The van der Waals surface area contributed by atoms with Gasteiger partial charge in [-0.25, -0.2) is 0 Å². The third kappa shape index (κ3) is 4.25. The van der Waals surface area contributed by atoms with E-state index in [1.54, 1.807) is 6.07 Å². The predicted octanol–water partition coefficient (Wildman–Crippen LogP) is 2.91. The van der Waals surface area contributed by atoms with Crippen LogP contribution in [0.2, 0.25) is 0 Å². The highest BCUT2D eigenvalue weighted by Crippen LogP contribution is 2.35. The van der Waals surface area contributed by atoms with E-state index in [0.29, 0.717) is 6.04 Å². The van der Waals surface area contributed by atoms with Crippen LogP contribution < -0.4 is 0 Å². The molecule has 1 aliphatic heterocycles. The fourth-order valence-electron chi connectivity index (χ4n) is 3.37. The molecule has 23 heavy (non-hydrogen) atoms. The van der Waals surface area contributed by atoms with Crippen molar-refractivity contribution in [2.45, 2.75) is 37.6 Å². The molecule has 1 N–H and O–H groups in total. The Bertz CT molecular complexity index is 531. The van der Waals surface area contributed by atoms with Gasteiger partial charge in [0.1, 0.15) is 0 Å². The molecule has 1 heterocycles. The van der Waals surface area contributed by atoms with Crippen molar-refractivity contribution in [3.8, 4) is 0 Å². The van der Waals surface area contributed by atoms with Crippen LogP contribution in [0, 0.1) is 0 Å². The minimum absolute atomic E-state index is 0.0247. The number of β-amino-alcohol motifs (C(OH)–C–C–N with tert-alkyl or cyclic N) is 1. The van der Waals surface area contributed by atoms with Crippen molar-refractivity contribution in [3.63, 3.8) is 0 Å². The number of hydrogen-bond acceptors (Lipinski definition) is 3. The second-order valence-corrected chi connectivity index (χ2v) is 6.52. The highest BCUT2D eigenvalue weighted by molar-refractivity contribution is 5.31. The molecule has 1 saturated carbocycles. The van der Waals surface area contributed by atoms with E-state index in [9.17, 15) is 18.3 Å². The molecule has 1 saturated heterocycles. The van der Waals surface area contributed by atoms with E-state index in [-0.39, 0.29) is 12.1 Å². The largest absolute Gasteiger partial charge is 0.416 e. The van der Waals surface area contributed by atoms with Crippen molar-refractivity contribution in [1.29, 1.82) is 0 Å². The van der Waals surface area contributed by atoms with Crippen molar-refractivity contribution < 1.29 is 18.3 Å². The molecule has 2 fully saturated rings. The van der Waals surface area contributed by atoms with Gasteiger partial charge in [-0.2, -0.15) is 13.2 Å². The van der Waals surface area contributed by atoms with Crippen LogP contribution in [0.15, 0.2) is 24.3 Å². The smallest absolute Gasteiger partial charge is 0.387 e. The number of rotatable bonds is 4. The summed E-state index contributed by atoms with van der Waals surface area (Å²) in [5.41, 5.74) is -0.759. The number of aliphatic hydroxyl groups excluding tert-OH is 1. The van der Waals surface area contributed by atoms with Gasteiger partial charge in [-0.1, -0.05) is 18.2 Å². The van der Waals surface area contributed by atoms with Crippen LogP contribution in [0.3, 0.4) is 0 Å². The molecular formula is C17H23F3N2O. The van der Waals surface area contributed by atoms with Crippen molar-refractivity contribution >= 4 is 0 Å². The topological polar surface area (TPSA) is 26.7 Å². The third-order valence-electron chi connectivity index (χ3n) is 4.74. The van der Waals surface area contributed by atoms with E-state index >= 15 is 0 Å². The van der Waals surface area contributed by atoms with Crippen molar-refractivity contribution in [3.05, 3.63) is 35.4 Å². The molecule has 0 amide bonds. The van der Waals surface area contributed by atoms with Gasteiger partial charge in [0.25, 0.3) is 0 Å². The van der Waals surface area contributed by atoms with E-state index in [1.165, 1.54) is 25.0 Å². The number of hydrogen-bond donors (Lipinski definition) is 1. The number of benzene rings is 1. The average Bonchev–Trinajstić information content (AvgIpc) is 3.33. The minimum atomic E-state index is -4.43. The maximum Gasteiger partial charge on any atom is 0.416 e. The summed E-state index contributed by atoms with van der Waals surface area (Å²) in [6.45, 7) is 3.89. The van der Waals surface area contributed by atoms with Crippen LogP contribution in [0.5, 0.6) is 0 Å². The van der Waals surface area contributed by atoms with Gasteiger partial charge < -0.3 is 5.11 Å². The summed E-state index contributed by atoms with van der Waals surface area (Å²) in [4.78, 5) is 4.55. The highest BCUT2D eigenvalue weighted by atomic mass is 19.4. The van der Waals surface area contributed by atoms with Gasteiger partial charge in [0.15, 0.2) is 0 Å². The van der Waals surface area contributed by atoms with Gasteiger partial charge in [0, 0.05) is 25.7 Å². The predicted molar refractivity (Wildman–Crippen MR) is 82.1 cm³/mol. The summed E-state index contributed by atoms with van der Waals surface area (Å²) < 4.78 is 39.2. The Balaban J connectivity index is 1.64. The molecule has 2 aliphatic rings. The molecule has 0 bridgehead atoms. The third-order valence-corrected chi connectivity index (χ3v) is 4.74. The summed E-state index contributed by atoms with van der Waals surface area (Å²) in [7, 11) is 0. The van der Waals surface area contributed by atoms with Crippen LogP contribution in [-0.4, -0.2) is 53.7 Å². The lowest BCUT2D eigenvalue weighted by atomic mass is 10.0. The van der Waals surface area contributed by atoms with Gasteiger partial charge in [-0.3, -0.25) is 9.80 Å². The molecule has 0 spiro atoms. The second kappa shape index (κ2) is 6.79. The maximum absolute atomic E-state index is 13.1. The van der Waals surface area contributed by atoms with Crippen LogP contribution in [-0.2, 0) is 6.18 Å². The zero-order valence-corrected chi connectivity index (χ0v) is 13.1. The number of aliphatic hydroxyl groups is 1. The quantitative estimate of drug-likeness (QED) is 0.921. The van der Waals surface area contributed by atoms with Crippen molar-refractivity contribution in [1.82, 2.24) is 9.80 Å². The SMILES string of the molecule is O[C@@H](CN1CCCN(C2CC2)CC1)c1ccccc1C(F)(F)F. The van der Waals surface area contributed by atoms with Gasteiger partial charge >= 0.3 is 6.18 Å². The van der Waals surface area contributed by atoms with Gasteiger partial charge in [-0.15, -0.1) is 0 Å². The summed E-state index contributed by atoms with van der Waals surface area (Å²) in [5.74, 6) is 0. The lowest BCUT2D eigenvalue weighted by molar-refractivity contribution is -0.139. The zero-order chi connectivity index (χ0) is 16.4. The summed E-state index contributed by atoms with van der Waals surface area (Å²) in [5, 5.41) is 10.3. The molecule has 3 rings (SSSR count). The Labute approximate surface area is 134 Å². The molecule has 0 unspecified atom stereocenters. The highest BCUT2D eigenvalue weighted by Gasteiger charge is 2.35. The Morgan fingerprint density at radius 3 is 2.52 bits per heavy atom. The fourth-order valence-corrected chi connectivity index (χ4v) is 3.37. The first-order valence-electron chi connectivity index (χ1n) is 8.26. The normalized spacial score (nSPS) is 22.8. The zero-order valence-electron chi connectivity index (χ0n) is 13.1.